The molecule has 0 saturated carbocycles. The maximum absolute atomic E-state index is 13.8. The fourth-order valence-electron chi connectivity index (χ4n) is 2.30. The molecule has 0 radical (unpaired) electrons. The van der Waals surface area contributed by atoms with Crippen molar-refractivity contribution in [2.45, 2.75) is 0 Å². The van der Waals surface area contributed by atoms with Crippen LogP contribution in [-0.4, -0.2) is 25.1 Å². The van der Waals surface area contributed by atoms with Crippen LogP contribution in [0, 0.1) is 5.82 Å². The zero-order valence-electron chi connectivity index (χ0n) is 13.9. The summed E-state index contributed by atoms with van der Waals surface area (Å²) in [6.07, 6.45) is 0. The molecule has 134 valence electrons. The molecule has 3 rings (SSSR count). The van der Waals surface area contributed by atoms with E-state index >= 15 is 0 Å². The molecular weight excluding hydrogens is 423 g/mol. The van der Waals surface area contributed by atoms with Crippen LogP contribution in [0.1, 0.15) is 10.4 Å². The summed E-state index contributed by atoms with van der Waals surface area (Å²) in [5.74, 6) is 0.107. The lowest BCUT2D eigenvalue weighted by Gasteiger charge is -2.08. The molecular formula is C18H14BrFN2O3S. The number of rotatable bonds is 5. The van der Waals surface area contributed by atoms with E-state index in [1.54, 1.807) is 31.7 Å². The summed E-state index contributed by atoms with van der Waals surface area (Å²) < 4.78 is 25.0. The molecule has 1 amide bonds. The van der Waals surface area contributed by atoms with Gasteiger partial charge in [0.25, 0.3) is 5.91 Å². The summed E-state index contributed by atoms with van der Waals surface area (Å²) >= 11 is 4.47. The van der Waals surface area contributed by atoms with Gasteiger partial charge in [-0.05, 0) is 30.3 Å². The van der Waals surface area contributed by atoms with Gasteiger partial charge in [0, 0.05) is 21.5 Å². The van der Waals surface area contributed by atoms with Crippen LogP contribution in [0.3, 0.4) is 0 Å². The van der Waals surface area contributed by atoms with Gasteiger partial charge in [-0.25, -0.2) is 9.37 Å². The second kappa shape index (κ2) is 7.84. The van der Waals surface area contributed by atoms with Crippen LogP contribution in [0.5, 0.6) is 11.5 Å². The Labute approximate surface area is 161 Å². The molecule has 3 aromatic rings. The molecule has 1 heterocycles. The number of thiazole rings is 1. The van der Waals surface area contributed by atoms with Crippen LogP contribution in [0.4, 0.5) is 9.52 Å². The highest BCUT2D eigenvalue weighted by Crippen LogP contribution is 2.35. The zero-order chi connectivity index (χ0) is 18.7. The predicted molar refractivity (Wildman–Crippen MR) is 103 cm³/mol. The first-order chi connectivity index (χ1) is 12.5. The average Bonchev–Trinajstić information content (AvgIpc) is 3.11. The van der Waals surface area contributed by atoms with Gasteiger partial charge in [0.2, 0.25) is 0 Å². The topological polar surface area (TPSA) is 60.5 Å². The van der Waals surface area contributed by atoms with Crippen LogP contribution in [0.25, 0.3) is 11.3 Å². The van der Waals surface area contributed by atoms with Crippen molar-refractivity contribution < 1.29 is 18.7 Å². The molecule has 0 unspecified atom stereocenters. The number of carbonyl (C=O) groups is 1. The van der Waals surface area contributed by atoms with Crippen molar-refractivity contribution in [3.05, 3.63) is 57.6 Å². The monoisotopic (exact) mass is 436 g/mol. The molecule has 26 heavy (non-hydrogen) atoms. The zero-order valence-corrected chi connectivity index (χ0v) is 16.3. The van der Waals surface area contributed by atoms with Gasteiger partial charge in [0.15, 0.2) is 5.13 Å². The third kappa shape index (κ3) is 3.86. The Kier molecular flexibility index (Phi) is 5.53. The number of methoxy groups -OCH3 is 2. The van der Waals surface area contributed by atoms with Crippen molar-refractivity contribution in [1.82, 2.24) is 4.98 Å². The number of carbonyl (C=O) groups excluding carboxylic acids is 1. The molecule has 8 heteroatoms. The van der Waals surface area contributed by atoms with Crippen LogP contribution < -0.4 is 14.8 Å². The molecule has 2 aromatic carbocycles. The van der Waals surface area contributed by atoms with E-state index in [1.165, 1.54) is 29.5 Å². The van der Waals surface area contributed by atoms with Crippen LogP contribution >= 0.6 is 27.3 Å². The van der Waals surface area contributed by atoms with E-state index in [-0.39, 0.29) is 5.56 Å². The van der Waals surface area contributed by atoms with Gasteiger partial charge in [0.05, 0.1) is 25.5 Å². The normalized spacial score (nSPS) is 10.5. The number of nitrogens with zero attached hydrogens (tertiary/aromatic N) is 1. The van der Waals surface area contributed by atoms with Gasteiger partial charge in [-0.3, -0.25) is 10.1 Å². The molecule has 0 aliphatic heterocycles. The minimum absolute atomic E-state index is 0.0573. The number of anilines is 1. The van der Waals surface area contributed by atoms with Crippen molar-refractivity contribution in [2.75, 3.05) is 19.5 Å². The Morgan fingerprint density at radius 1 is 1.19 bits per heavy atom. The third-order valence-electron chi connectivity index (χ3n) is 3.58. The lowest BCUT2D eigenvalue weighted by Crippen LogP contribution is -2.13. The first-order valence-electron chi connectivity index (χ1n) is 7.46. The molecule has 5 nitrogen and oxygen atoms in total. The number of halogens is 2. The Balaban J connectivity index is 1.84. The fraction of sp³-hybridized carbons (Fsp3) is 0.111. The van der Waals surface area contributed by atoms with E-state index in [2.05, 4.69) is 26.2 Å². The lowest BCUT2D eigenvalue weighted by molar-refractivity contribution is 0.102. The number of amides is 1. The summed E-state index contributed by atoms with van der Waals surface area (Å²) in [5.41, 5.74) is 1.34. The molecule has 0 aliphatic rings. The standard InChI is InChI=1S/C18H14BrFN2O3S/c1-24-11-4-5-12(16(8-11)25-2)15-9-26-18(21-15)22-17(23)13-7-10(19)3-6-14(13)20/h3-9H,1-2H3,(H,21,22,23). The Bertz CT molecular complexity index is 961. The second-order valence-electron chi connectivity index (χ2n) is 5.18. The Morgan fingerprint density at radius 3 is 2.73 bits per heavy atom. The van der Waals surface area contributed by atoms with E-state index in [4.69, 9.17) is 9.47 Å². The highest BCUT2D eigenvalue weighted by Gasteiger charge is 2.16. The Hall–Kier alpha value is -2.45. The van der Waals surface area contributed by atoms with Gasteiger partial charge in [-0.15, -0.1) is 11.3 Å². The molecule has 0 saturated heterocycles. The van der Waals surface area contributed by atoms with Crippen LogP contribution in [0.15, 0.2) is 46.3 Å². The first-order valence-corrected chi connectivity index (χ1v) is 9.13. The Morgan fingerprint density at radius 2 is 2.00 bits per heavy atom. The van der Waals surface area contributed by atoms with Crippen molar-refractivity contribution in [1.29, 1.82) is 0 Å². The predicted octanol–water partition coefficient (Wildman–Crippen LogP) is 4.98. The van der Waals surface area contributed by atoms with Gasteiger partial charge in [-0.2, -0.15) is 0 Å². The van der Waals surface area contributed by atoms with Crippen molar-refractivity contribution in [3.8, 4) is 22.8 Å². The van der Waals surface area contributed by atoms with E-state index in [0.29, 0.717) is 26.8 Å². The van der Waals surface area contributed by atoms with Crippen LogP contribution in [-0.2, 0) is 0 Å². The molecule has 1 aromatic heterocycles. The number of nitrogens with one attached hydrogen (secondary N) is 1. The largest absolute Gasteiger partial charge is 0.497 e. The summed E-state index contributed by atoms with van der Waals surface area (Å²) in [6.45, 7) is 0. The summed E-state index contributed by atoms with van der Waals surface area (Å²) in [7, 11) is 3.13. The number of hydrogen-bond donors (Lipinski definition) is 1. The van der Waals surface area contributed by atoms with Crippen molar-refractivity contribution in [3.63, 3.8) is 0 Å². The first kappa shape index (κ1) is 18.3. The third-order valence-corrected chi connectivity index (χ3v) is 4.83. The molecule has 1 N–H and O–H groups in total. The number of aromatic nitrogens is 1. The molecule has 0 atom stereocenters. The number of benzene rings is 2. The van der Waals surface area contributed by atoms with E-state index in [9.17, 15) is 9.18 Å². The maximum atomic E-state index is 13.8. The number of ether oxygens (including phenoxy) is 2. The van der Waals surface area contributed by atoms with E-state index < -0.39 is 11.7 Å². The van der Waals surface area contributed by atoms with Crippen LogP contribution in [0.2, 0.25) is 0 Å². The van der Waals surface area contributed by atoms with Gasteiger partial charge in [0.1, 0.15) is 17.3 Å². The summed E-state index contributed by atoms with van der Waals surface area (Å²) in [5, 5.41) is 4.77. The lowest BCUT2D eigenvalue weighted by atomic mass is 10.1. The van der Waals surface area contributed by atoms with E-state index in [1.807, 2.05) is 6.07 Å². The minimum Gasteiger partial charge on any atom is -0.497 e. The molecule has 0 spiro atoms. The van der Waals surface area contributed by atoms with Gasteiger partial charge in [-0.1, -0.05) is 15.9 Å². The van der Waals surface area contributed by atoms with Crippen molar-refractivity contribution >= 4 is 38.3 Å². The smallest absolute Gasteiger partial charge is 0.260 e. The van der Waals surface area contributed by atoms with Gasteiger partial charge >= 0.3 is 0 Å². The fourth-order valence-corrected chi connectivity index (χ4v) is 3.37. The summed E-state index contributed by atoms with van der Waals surface area (Å²) in [4.78, 5) is 16.7. The second-order valence-corrected chi connectivity index (χ2v) is 6.96. The summed E-state index contributed by atoms with van der Waals surface area (Å²) in [6, 6.07) is 9.56. The molecule has 0 aliphatic carbocycles. The maximum Gasteiger partial charge on any atom is 0.260 e. The number of hydrogen-bond acceptors (Lipinski definition) is 5. The highest BCUT2D eigenvalue weighted by atomic mass is 79.9. The van der Waals surface area contributed by atoms with E-state index in [0.717, 1.165) is 5.56 Å². The average molecular weight is 437 g/mol. The highest BCUT2D eigenvalue weighted by molar-refractivity contribution is 9.10. The van der Waals surface area contributed by atoms with Crippen molar-refractivity contribution in [2.24, 2.45) is 0 Å². The SMILES string of the molecule is COc1ccc(-c2csc(NC(=O)c3cc(Br)ccc3F)n2)c(OC)c1. The quantitative estimate of drug-likeness (QED) is 0.612. The molecule has 0 bridgehead atoms. The van der Waals surface area contributed by atoms with Gasteiger partial charge < -0.3 is 9.47 Å². The minimum atomic E-state index is -0.598. The molecule has 0 fully saturated rings.